The van der Waals surface area contributed by atoms with Crippen molar-refractivity contribution < 1.29 is 10.2 Å². The minimum Gasteiger partial charge on any atom is -0.396 e. The number of H-pyrrole nitrogens is 2. The molecule has 0 aliphatic heterocycles. The predicted octanol–water partition coefficient (Wildman–Crippen LogP) is 4.48. The number of nitrogens with one attached hydrogen (secondary N) is 2. The Labute approximate surface area is 161 Å². The summed E-state index contributed by atoms with van der Waals surface area (Å²) in [5.74, 6) is 0. The van der Waals surface area contributed by atoms with E-state index in [1.165, 1.54) is 27.5 Å². The van der Waals surface area contributed by atoms with Crippen LogP contribution in [-0.4, -0.2) is 33.4 Å². The zero-order chi connectivity index (χ0) is 18.5. The number of hydrogen-bond acceptors (Lipinski definition) is 2. The smallest absolute Gasteiger partial charge is 0.0472 e. The summed E-state index contributed by atoms with van der Waals surface area (Å²) in [5, 5.41) is 20.1. The van der Waals surface area contributed by atoms with E-state index in [-0.39, 0.29) is 13.2 Å². The molecular weight excluding hydrogens is 392 g/mol. The lowest BCUT2D eigenvalue weighted by Gasteiger charge is -1.96. The first-order valence-corrected chi connectivity index (χ1v) is 9.45. The van der Waals surface area contributed by atoms with Crippen LogP contribution in [0.15, 0.2) is 53.3 Å². The Balaban J connectivity index is 0.000000151. The third-order valence-corrected chi connectivity index (χ3v) is 4.91. The number of aryl methyl sites for hydroxylation is 1. The molecule has 26 heavy (non-hydrogen) atoms. The fraction of sp³-hybridized carbons (Fsp3) is 0.238. The summed E-state index contributed by atoms with van der Waals surface area (Å²) in [6.45, 7) is 2.48. The molecule has 2 heterocycles. The van der Waals surface area contributed by atoms with Gasteiger partial charge in [-0.3, -0.25) is 0 Å². The number of aliphatic hydroxyl groups is 2. The Bertz CT molecular complexity index is 922. The highest BCUT2D eigenvalue weighted by atomic mass is 79.9. The maximum absolute atomic E-state index is 8.85. The van der Waals surface area contributed by atoms with Gasteiger partial charge in [0.15, 0.2) is 0 Å². The fourth-order valence-corrected chi connectivity index (χ4v) is 3.46. The van der Waals surface area contributed by atoms with Gasteiger partial charge in [-0.15, -0.1) is 0 Å². The highest BCUT2D eigenvalue weighted by Gasteiger charge is 2.03. The lowest BCUT2D eigenvalue weighted by Crippen LogP contribution is -1.88. The van der Waals surface area contributed by atoms with Gasteiger partial charge in [-0.1, -0.05) is 27.6 Å². The molecule has 0 bridgehead atoms. The molecule has 0 aliphatic rings. The maximum Gasteiger partial charge on any atom is 0.0472 e. The van der Waals surface area contributed by atoms with E-state index in [1.54, 1.807) is 0 Å². The van der Waals surface area contributed by atoms with Gasteiger partial charge in [0, 0.05) is 51.9 Å². The second-order valence-electron chi connectivity index (χ2n) is 6.31. The van der Waals surface area contributed by atoms with Gasteiger partial charge in [0.05, 0.1) is 0 Å². The van der Waals surface area contributed by atoms with Crippen LogP contribution in [0.3, 0.4) is 0 Å². The maximum atomic E-state index is 8.85. The summed E-state index contributed by atoms with van der Waals surface area (Å²) in [7, 11) is 0. The monoisotopic (exact) mass is 414 g/mol. The third kappa shape index (κ3) is 4.18. The van der Waals surface area contributed by atoms with Crippen LogP contribution in [0, 0.1) is 6.92 Å². The van der Waals surface area contributed by atoms with Crippen molar-refractivity contribution >= 4 is 37.7 Å². The van der Waals surface area contributed by atoms with Crippen molar-refractivity contribution in [1.29, 1.82) is 0 Å². The molecule has 136 valence electrons. The molecule has 0 saturated carbocycles. The predicted molar refractivity (Wildman–Crippen MR) is 111 cm³/mol. The minimum atomic E-state index is 0.194. The second kappa shape index (κ2) is 8.54. The van der Waals surface area contributed by atoms with Gasteiger partial charge in [-0.05, 0) is 61.2 Å². The SMILES string of the molecule is Cc1ccc2[nH]cc(CCO)c2c1.OCCc1c[nH]c2ccc(Br)cc12. The Hall–Kier alpha value is -2.08. The van der Waals surface area contributed by atoms with Crippen LogP contribution in [0.25, 0.3) is 21.8 Å². The molecule has 0 fully saturated rings. The Kier molecular flexibility index (Phi) is 6.14. The van der Waals surface area contributed by atoms with Crippen LogP contribution in [0.4, 0.5) is 0 Å². The first-order valence-electron chi connectivity index (χ1n) is 8.66. The molecule has 2 aromatic carbocycles. The number of hydrogen-bond donors (Lipinski definition) is 4. The van der Waals surface area contributed by atoms with Crippen LogP contribution in [-0.2, 0) is 12.8 Å². The first kappa shape index (κ1) is 18.7. The quantitative estimate of drug-likeness (QED) is 0.397. The molecule has 2 aromatic heterocycles. The molecule has 4 N–H and O–H groups in total. The Morgan fingerprint density at radius 1 is 0.808 bits per heavy atom. The number of aromatic amines is 2. The summed E-state index contributed by atoms with van der Waals surface area (Å²) < 4.78 is 1.07. The van der Waals surface area contributed by atoms with Gasteiger partial charge in [0.1, 0.15) is 0 Å². The first-order chi connectivity index (χ1) is 12.6. The van der Waals surface area contributed by atoms with E-state index in [4.69, 9.17) is 10.2 Å². The topological polar surface area (TPSA) is 72.0 Å². The van der Waals surface area contributed by atoms with Crippen molar-refractivity contribution in [3.05, 3.63) is 70.0 Å². The number of aliphatic hydroxyl groups excluding tert-OH is 2. The summed E-state index contributed by atoms with van der Waals surface area (Å²) in [4.78, 5) is 6.36. The molecule has 5 heteroatoms. The molecule has 0 radical (unpaired) electrons. The van der Waals surface area contributed by atoms with Crippen molar-refractivity contribution in [1.82, 2.24) is 9.97 Å². The van der Waals surface area contributed by atoms with E-state index in [2.05, 4.69) is 57.1 Å². The van der Waals surface area contributed by atoms with Crippen molar-refractivity contribution in [3.8, 4) is 0 Å². The van der Waals surface area contributed by atoms with Gasteiger partial charge in [-0.25, -0.2) is 0 Å². The van der Waals surface area contributed by atoms with Crippen LogP contribution >= 0.6 is 15.9 Å². The number of aromatic nitrogens is 2. The van der Waals surface area contributed by atoms with E-state index in [9.17, 15) is 0 Å². The van der Waals surface area contributed by atoms with E-state index in [1.807, 2.05) is 24.5 Å². The summed E-state index contributed by atoms with van der Waals surface area (Å²) >= 11 is 3.43. The molecule has 4 rings (SSSR count). The van der Waals surface area contributed by atoms with Gasteiger partial charge < -0.3 is 20.2 Å². The van der Waals surface area contributed by atoms with E-state index in [0.717, 1.165) is 21.9 Å². The minimum absolute atomic E-state index is 0.194. The fourth-order valence-electron chi connectivity index (χ4n) is 3.10. The average Bonchev–Trinajstić information content (AvgIpc) is 3.21. The van der Waals surface area contributed by atoms with Crippen molar-refractivity contribution in [3.63, 3.8) is 0 Å². The van der Waals surface area contributed by atoms with Crippen LogP contribution < -0.4 is 0 Å². The largest absolute Gasteiger partial charge is 0.396 e. The zero-order valence-corrected chi connectivity index (χ0v) is 16.3. The molecule has 0 saturated heterocycles. The highest BCUT2D eigenvalue weighted by Crippen LogP contribution is 2.23. The van der Waals surface area contributed by atoms with E-state index in [0.29, 0.717) is 6.42 Å². The summed E-state index contributed by atoms with van der Waals surface area (Å²) in [6, 6.07) is 12.4. The second-order valence-corrected chi connectivity index (χ2v) is 7.23. The standard InChI is InChI=1S/C11H13NO.C10H10BrNO/c1-8-2-3-11-10(6-8)9(4-5-13)7-12-11;11-8-1-2-10-9(5-8)7(3-4-13)6-12-10/h2-3,6-7,12-13H,4-5H2,1H3;1-2,5-6,12-13H,3-4H2. The lowest BCUT2D eigenvalue weighted by molar-refractivity contribution is 0.299. The molecular formula is C21H23BrN2O2. The van der Waals surface area contributed by atoms with Gasteiger partial charge in [-0.2, -0.15) is 0 Å². The van der Waals surface area contributed by atoms with Crippen LogP contribution in [0.1, 0.15) is 16.7 Å². The van der Waals surface area contributed by atoms with Crippen LogP contribution in [0.2, 0.25) is 0 Å². The van der Waals surface area contributed by atoms with Crippen LogP contribution in [0.5, 0.6) is 0 Å². The molecule has 4 nitrogen and oxygen atoms in total. The molecule has 0 unspecified atom stereocenters. The summed E-state index contributed by atoms with van der Waals surface area (Å²) in [6.07, 6.45) is 5.35. The molecule has 0 aliphatic carbocycles. The van der Waals surface area contributed by atoms with Crippen molar-refractivity contribution in [2.24, 2.45) is 0 Å². The molecule has 0 spiro atoms. The number of rotatable bonds is 4. The van der Waals surface area contributed by atoms with E-state index >= 15 is 0 Å². The third-order valence-electron chi connectivity index (χ3n) is 4.41. The normalized spacial score (nSPS) is 10.9. The molecule has 0 atom stereocenters. The number of fused-ring (bicyclic) bond motifs is 2. The molecule has 0 amide bonds. The summed E-state index contributed by atoms with van der Waals surface area (Å²) in [5.41, 5.74) is 5.88. The van der Waals surface area contributed by atoms with Gasteiger partial charge in [0.25, 0.3) is 0 Å². The van der Waals surface area contributed by atoms with Gasteiger partial charge >= 0.3 is 0 Å². The van der Waals surface area contributed by atoms with E-state index < -0.39 is 0 Å². The van der Waals surface area contributed by atoms with Gasteiger partial charge in [0.2, 0.25) is 0 Å². The zero-order valence-electron chi connectivity index (χ0n) is 14.7. The number of benzene rings is 2. The number of halogens is 1. The van der Waals surface area contributed by atoms with Crippen molar-refractivity contribution in [2.75, 3.05) is 13.2 Å². The molecule has 4 aromatic rings. The Morgan fingerprint density at radius 3 is 1.92 bits per heavy atom. The van der Waals surface area contributed by atoms with Crippen molar-refractivity contribution in [2.45, 2.75) is 19.8 Å². The lowest BCUT2D eigenvalue weighted by atomic mass is 10.1. The Morgan fingerprint density at radius 2 is 1.35 bits per heavy atom. The highest BCUT2D eigenvalue weighted by molar-refractivity contribution is 9.10. The average molecular weight is 415 g/mol.